The van der Waals surface area contributed by atoms with E-state index in [1.807, 2.05) is 0 Å². The molecule has 1 aliphatic heterocycles. The average Bonchev–Trinajstić information content (AvgIpc) is 2.59. The molecule has 29 heavy (non-hydrogen) atoms. The topological polar surface area (TPSA) is 92.0 Å². The van der Waals surface area contributed by atoms with Gasteiger partial charge in [0, 0.05) is 0 Å². The van der Waals surface area contributed by atoms with Crippen molar-refractivity contribution in [2.45, 2.75) is 50.1 Å². The van der Waals surface area contributed by atoms with E-state index in [1.165, 1.54) is 4.90 Å². The third-order valence-corrected chi connectivity index (χ3v) is 4.90. The number of nitrogens with zero attached hydrogens (tertiary/aromatic N) is 3. The number of benzene rings is 1. The van der Waals surface area contributed by atoms with E-state index in [0.717, 1.165) is 18.6 Å². The number of alkyl halides is 6. The molecule has 0 atom stereocenters. The molecule has 1 aliphatic carbocycles. The van der Waals surface area contributed by atoms with E-state index in [1.54, 1.807) is 0 Å². The lowest BCUT2D eigenvalue weighted by Crippen LogP contribution is -2.58. The molecule has 3 rings (SSSR count). The highest BCUT2D eigenvalue weighted by Gasteiger charge is 2.44. The number of rotatable bonds is 3. The van der Waals surface area contributed by atoms with Crippen LogP contribution in [0.15, 0.2) is 28.2 Å². The first-order chi connectivity index (χ1) is 13.4. The van der Waals surface area contributed by atoms with Crippen molar-refractivity contribution in [3.8, 4) is 0 Å². The Morgan fingerprint density at radius 3 is 2.28 bits per heavy atom. The van der Waals surface area contributed by atoms with Crippen LogP contribution < -0.4 is 21.7 Å². The largest absolute Gasteiger partial charge is 0.416 e. The van der Waals surface area contributed by atoms with E-state index in [2.05, 4.69) is 15.3 Å². The van der Waals surface area contributed by atoms with E-state index in [0.29, 0.717) is 31.7 Å². The Morgan fingerprint density at radius 1 is 1.03 bits per heavy atom. The van der Waals surface area contributed by atoms with E-state index in [9.17, 15) is 26.3 Å². The number of hydrogen-bond acceptors (Lipinski definition) is 6. The molecular formula is C17H20F6N6. The molecule has 0 aromatic heterocycles. The SMILES string of the molecule is NC1=NC2(CCCCC2)N(c2cc(C(F)(F)F)ccc2NCC(F)(F)F)C(N)=N1. The summed E-state index contributed by atoms with van der Waals surface area (Å²) in [5.74, 6) is -0.328. The van der Waals surface area contributed by atoms with Crippen LogP contribution in [0.25, 0.3) is 0 Å². The molecule has 1 heterocycles. The lowest BCUT2D eigenvalue weighted by atomic mass is 9.87. The monoisotopic (exact) mass is 422 g/mol. The molecule has 0 saturated heterocycles. The molecule has 0 amide bonds. The van der Waals surface area contributed by atoms with Gasteiger partial charge in [-0.15, -0.1) is 0 Å². The summed E-state index contributed by atoms with van der Waals surface area (Å²) in [6, 6.07) is 2.43. The number of halogens is 6. The second-order valence-electron chi connectivity index (χ2n) is 7.02. The minimum atomic E-state index is -4.69. The summed E-state index contributed by atoms with van der Waals surface area (Å²) in [6.45, 7) is -1.42. The van der Waals surface area contributed by atoms with Gasteiger partial charge in [-0.25, -0.2) is 4.99 Å². The Hall–Kier alpha value is -2.66. The van der Waals surface area contributed by atoms with Crippen LogP contribution in [0.1, 0.15) is 37.7 Å². The summed E-state index contributed by atoms with van der Waals surface area (Å²) in [6.07, 6.45) is -6.08. The van der Waals surface area contributed by atoms with E-state index in [-0.39, 0.29) is 23.3 Å². The molecular weight excluding hydrogens is 402 g/mol. The van der Waals surface area contributed by atoms with Crippen molar-refractivity contribution < 1.29 is 26.3 Å². The first-order valence-electron chi connectivity index (χ1n) is 8.93. The Kier molecular flexibility index (Phi) is 5.30. The third kappa shape index (κ3) is 4.51. The van der Waals surface area contributed by atoms with Gasteiger partial charge in [0.05, 0.1) is 16.9 Å². The van der Waals surface area contributed by atoms with Crippen molar-refractivity contribution in [1.29, 1.82) is 0 Å². The van der Waals surface area contributed by atoms with Crippen LogP contribution in [-0.4, -0.2) is 30.3 Å². The number of aliphatic imine (C=N–C) groups is 2. The minimum Gasteiger partial charge on any atom is -0.375 e. The molecule has 0 unspecified atom stereocenters. The van der Waals surface area contributed by atoms with Gasteiger partial charge in [0.1, 0.15) is 12.2 Å². The first-order valence-corrected chi connectivity index (χ1v) is 8.93. The van der Waals surface area contributed by atoms with Crippen molar-refractivity contribution in [1.82, 2.24) is 0 Å². The lowest BCUT2D eigenvalue weighted by Gasteiger charge is -2.46. The molecule has 0 radical (unpaired) electrons. The fourth-order valence-corrected chi connectivity index (χ4v) is 3.71. The lowest BCUT2D eigenvalue weighted by molar-refractivity contribution is -0.137. The maximum atomic E-state index is 13.3. The van der Waals surface area contributed by atoms with Crippen LogP contribution in [0.3, 0.4) is 0 Å². The van der Waals surface area contributed by atoms with Gasteiger partial charge in [0.25, 0.3) is 0 Å². The second-order valence-corrected chi connectivity index (χ2v) is 7.02. The molecule has 1 fully saturated rings. The van der Waals surface area contributed by atoms with Crippen LogP contribution in [0, 0.1) is 0 Å². The fourth-order valence-electron chi connectivity index (χ4n) is 3.71. The third-order valence-electron chi connectivity index (χ3n) is 4.90. The van der Waals surface area contributed by atoms with Crippen molar-refractivity contribution in [2.24, 2.45) is 21.5 Å². The first kappa shape index (κ1) is 21.1. The van der Waals surface area contributed by atoms with Gasteiger partial charge in [0.2, 0.25) is 11.9 Å². The summed E-state index contributed by atoms with van der Waals surface area (Å²) in [7, 11) is 0. The number of hydrogen-bond donors (Lipinski definition) is 3. The predicted octanol–water partition coefficient (Wildman–Crippen LogP) is 3.79. The Morgan fingerprint density at radius 2 is 1.69 bits per heavy atom. The Labute approximate surface area is 162 Å². The molecule has 0 bridgehead atoms. The van der Waals surface area contributed by atoms with Gasteiger partial charge < -0.3 is 16.8 Å². The van der Waals surface area contributed by atoms with Gasteiger partial charge in [-0.1, -0.05) is 6.42 Å². The molecule has 6 nitrogen and oxygen atoms in total. The van der Waals surface area contributed by atoms with Crippen LogP contribution in [-0.2, 0) is 6.18 Å². The zero-order valence-corrected chi connectivity index (χ0v) is 15.2. The zero-order chi connectivity index (χ0) is 21.4. The molecule has 12 heteroatoms. The highest BCUT2D eigenvalue weighted by atomic mass is 19.4. The predicted molar refractivity (Wildman–Crippen MR) is 97.5 cm³/mol. The van der Waals surface area contributed by atoms with Crippen molar-refractivity contribution in [2.75, 3.05) is 16.8 Å². The highest BCUT2D eigenvalue weighted by Crippen LogP contribution is 2.44. The van der Waals surface area contributed by atoms with Crippen LogP contribution in [0.2, 0.25) is 0 Å². The Bertz CT molecular complexity index is 823. The zero-order valence-electron chi connectivity index (χ0n) is 15.2. The van der Waals surface area contributed by atoms with E-state index < -0.39 is 30.1 Å². The summed E-state index contributed by atoms with van der Waals surface area (Å²) >= 11 is 0. The minimum absolute atomic E-state index is 0.113. The fraction of sp³-hybridized carbons (Fsp3) is 0.529. The van der Waals surface area contributed by atoms with Crippen molar-refractivity contribution >= 4 is 23.3 Å². The number of anilines is 2. The average molecular weight is 422 g/mol. The molecule has 1 aromatic rings. The van der Waals surface area contributed by atoms with Gasteiger partial charge in [-0.05, 0) is 43.9 Å². The summed E-state index contributed by atoms with van der Waals surface area (Å²) in [4.78, 5) is 9.47. The molecule has 5 N–H and O–H groups in total. The van der Waals surface area contributed by atoms with Crippen molar-refractivity contribution in [3.05, 3.63) is 23.8 Å². The second kappa shape index (κ2) is 7.30. The normalized spacial score (nSPS) is 19.7. The van der Waals surface area contributed by atoms with Crippen molar-refractivity contribution in [3.63, 3.8) is 0 Å². The van der Waals surface area contributed by atoms with Gasteiger partial charge in [-0.2, -0.15) is 31.3 Å². The van der Waals surface area contributed by atoms with Crippen LogP contribution in [0.5, 0.6) is 0 Å². The Balaban J connectivity index is 2.13. The van der Waals surface area contributed by atoms with E-state index in [4.69, 9.17) is 11.5 Å². The molecule has 1 saturated carbocycles. The van der Waals surface area contributed by atoms with Gasteiger partial charge in [-0.3, -0.25) is 4.90 Å². The van der Waals surface area contributed by atoms with Gasteiger partial charge >= 0.3 is 12.4 Å². The number of nitrogens with two attached hydrogens (primary N) is 2. The summed E-state index contributed by atoms with van der Waals surface area (Å²) in [5.41, 5.74) is 9.29. The summed E-state index contributed by atoms with van der Waals surface area (Å²) < 4.78 is 78.1. The number of nitrogens with one attached hydrogen (secondary N) is 1. The molecule has 1 spiro atoms. The smallest absolute Gasteiger partial charge is 0.375 e. The van der Waals surface area contributed by atoms with Crippen LogP contribution in [0.4, 0.5) is 37.7 Å². The summed E-state index contributed by atoms with van der Waals surface area (Å²) in [5, 5.41) is 2.16. The number of guanidine groups is 2. The highest BCUT2D eigenvalue weighted by molar-refractivity contribution is 6.07. The molecule has 1 aromatic carbocycles. The standard InChI is InChI=1S/C17H20F6N6/c18-16(19,20)9-26-11-5-4-10(17(21,22)23)8-12(11)29-14(25)27-13(24)28-15(29)6-2-1-3-7-15/h4-5,8,26H,1-3,6-7,9H2,(H4,24,25,27,28). The van der Waals surface area contributed by atoms with E-state index >= 15 is 0 Å². The maximum Gasteiger partial charge on any atom is 0.416 e. The van der Waals surface area contributed by atoms with Crippen LogP contribution >= 0.6 is 0 Å². The van der Waals surface area contributed by atoms with Gasteiger partial charge in [0.15, 0.2) is 0 Å². The molecule has 160 valence electrons. The quantitative estimate of drug-likeness (QED) is 0.647. The maximum absolute atomic E-state index is 13.3. The molecule has 2 aliphatic rings.